The first-order chi connectivity index (χ1) is 14.2. The third-order valence-corrected chi connectivity index (χ3v) is 4.35. The van der Waals surface area contributed by atoms with Gasteiger partial charge in [0.2, 0.25) is 11.7 Å². The van der Waals surface area contributed by atoms with E-state index in [-0.39, 0.29) is 0 Å². The molecule has 0 fully saturated rings. The lowest BCUT2D eigenvalue weighted by Gasteiger charge is -2.08. The molecule has 2 aromatic carbocycles. The summed E-state index contributed by atoms with van der Waals surface area (Å²) in [6, 6.07) is 11.3. The van der Waals surface area contributed by atoms with E-state index in [9.17, 15) is 0 Å². The minimum absolute atomic E-state index is 0.384. The summed E-state index contributed by atoms with van der Waals surface area (Å²) in [4.78, 5) is 4.45. The molecule has 29 heavy (non-hydrogen) atoms. The Hall–Kier alpha value is -3.95. The predicted molar refractivity (Wildman–Crippen MR) is 104 cm³/mol. The third kappa shape index (κ3) is 3.86. The van der Waals surface area contributed by atoms with E-state index in [2.05, 4.69) is 31.0 Å². The van der Waals surface area contributed by atoms with Gasteiger partial charge in [-0.15, -0.1) is 5.10 Å². The van der Waals surface area contributed by atoms with Crippen LogP contribution in [0.15, 0.2) is 47.2 Å². The topological polar surface area (TPSA) is 113 Å². The van der Waals surface area contributed by atoms with Crippen molar-refractivity contribution in [2.75, 3.05) is 19.5 Å². The van der Waals surface area contributed by atoms with Crippen LogP contribution in [0.5, 0.6) is 11.5 Å². The van der Waals surface area contributed by atoms with Crippen molar-refractivity contribution in [1.82, 2.24) is 30.3 Å². The summed E-state index contributed by atoms with van der Waals surface area (Å²) < 4.78 is 17.6. The smallest absolute Gasteiger partial charge is 0.246 e. The fourth-order valence-corrected chi connectivity index (χ4v) is 2.89. The van der Waals surface area contributed by atoms with Crippen molar-refractivity contribution >= 4 is 5.69 Å². The van der Waals surface area contributed by atoms with E-state index in [0.717, 1.165) is 22.5 Å². The summed E-state index contributed by atoms with van der Waals surface area (Å²) in [6.45, 7) is 2.37. The Balaban J connectivity index is 1.47. The second kappa shape index (κ2) is 7.97. The van der Waals surface area contributed by atoms with Crippen molar-refractivity contribution < 1.29 is 14.0 Å². The second-order valence-corrected chi connectivity index (χ2v) is 6.19. The van der Waals surface area contributed by atoms with E-state index >= 15 is 0 Å². The number of methoxy groups -OCH3 is 2. The van der Waals surface area contributed by atoms with Gasteiger partial charge in [-0.05, 0) is 53.2 Å². The van der Waals surface area contributed by atoms with Gasteiger partial charge in [0.25, 0.3) is 0 Å². The van der Waals surface area contributed by atoms with Crippen LogP contribution in [-0.2, 0) is 6.54 Å². The van der Waals surface area contributed by atoms with Gasteiger partial charge in [0.1, 0.15) is 17.8 Å². The number of hydrogen-bond acceptors (Lipinski definition) is 9. The molecule has 10 nitrogen and oxygen atoms in total. The summed E-state index contributed by atoms with van der Waals surface area (Å²) in [5.41, 5.74) is 3.58. The van der Waals surface area contributed by atoms with Gasteiger partial charge in [-0.2, -0.15) is 4.98 Å². The van der Waals surface area contributed by atoms with E-state index in [1.54, 1.807) is 31.3 Å². The summed E-state index contributed by atoms with van der Waals surface area (Å²) in [5.74, 6) is 2.21. The van der Waals surface area contributed by atoms with Gasteiger partial charge in [0.15, 0.2) is 0 Å². The molecule has 0 unspecified atom stereocenters. The molecule has 4 aromatic rings. The van der Waals surface area contributed by atoms with Crippen LogP contribution in [0.25, 0.3) is 17.1 Å². The first-order valence-corrected chi connectivity index (χ1v) is 8.81. The van der Waals surface area contributed by atoms with E-state index in [0.29, 0.717) is 29.8 Å². The predicted octanol–water partition coefficient (Wildman–Crippen LogP) is 2.65. The molecule has 0 amide bonds. The SMILES string of the molecule is COc1ccc(-c2noc(CNc3ccc(-n4cnnn4)c(C)c3)n2)c(OC)c1. The number of anilines is 1. The van der Waals surface area contributed by atoms with E-state index in [1.165, 1.54) is 0 Å². The zero-order valence-corrected chi connectivity index (χ0v) is 16.2. The maximum Gasteiger partial charge on any atom is 0.246 e. The molecule has 0 aliphatic rings. The minimum atomic E-state index is 0.384. The fraction of sp³-hybridized carbons (Fsp3) is 0.211. The summed E-state index contributed by atoms with van der Waals surface area (Å²) in [5, 5.41) is 18.6. The highest BCUT2D eigenvalue weighted by Crippen LogP contribution is 2.31. The molecule has 0 saturated carbocycles. The van der Waals surface area contributed by atoms with Crippen LogP contribution in [0.3, 0.4) is 0 Å². The number of tetrazole rings is 1. The van der Waals surface area contributed by atoms with Gasteiger partial charge >= 0.3 is 0 Å². The Morgan fingerprint density at radius 3 is 2.72 bits per heavy atom. The Morgan fingerprint density at radius 2 is 2.00 bits per heavy atom. The average molecular weight is 393 g/mol. The maximum absolute atomic E-state index is 5.40. The van der Waals surface area contributed by atoms with Crippen LogP contribution in [0.1, 0.15) is 11.5 Å². The number of aromatic nitrogens is 6. The number of ether oxygens (including phenoxy) is 2. The number of aryl methyl sites for hydroxylation is 1. The van der Waals surface area contributed by atoms with Crippen molar-refractivity contribution in [3.05, 3.63) is 54.2 Å². The molecule has 0 saturated heterocycles. The van der Waals surface area contributed by atoms with E-state index < -0.39 is 0 Å². The normalized spacial score (nSPS) is 10.7. The average Bonchev–Trinajstić information content (AvgIpc) is 3.44. The molecule has 1 N–H and O–H groups in total. The van der Waals surface area contributed by atoms with Crippen molar-refractivity contribution in [3.63, 3.8) is 0 Å². The van der Waals surface area contributed by atoms with Crippen LogP contribution in [0, 0.1) is 6.92 Å². The number of hydrogen-bond donors (Lipinski definition) is 1. The highest BCUT2D eigenvalue weighted by Gasteiger charge is 2.14. The van der Waals surface area contributed by atoms with Gasteiger partial charge in [0.05, 0.1) is 32.0 Å². The van der Waals surface area contributed by atoms with Crippen LogP contribution < -0.4 is 14.8 Å². The Labute approximate surface area is 166 Å². The van der Waals surface area contributed by atoms with Crippen molar-refractivity contribution in [3.8, 4) is 28.6 Å². The molecule has 0 aliphatic carbocycles. The Morgan fingerprint density at radius 1 is 1.10 bits per heavy atom. The first kappa shape index (κ1) is 18.4. The molecule has 0 radical (unpaired) electrons. The van der Waals surface area contributed by atoms with Crippen molar-refractivity contribution in [2.45, 2.75) is 13.5 Å². The van der Waals surface area contributed by atoms with Gasteiger partial charge in [-0.1, -0.05) is 5.16 Å². The minimum Gasteiger partial charge on any atom is -0.497 e. The number of nitrogens with zero attached hydrogens (tertiary/aromatic N) is 6. The molecule has 0 spiro atoms. The van der Waals surface area contributed by atoms with E-state index in [4.69, 9.17) is 14.0 Å². The molecular formula is C19H19N7O3. The highest BCUT2D eigenvalue weighted by molar-refractivity contribution is 5.65. The third-order valence-electron chi connectivity index (χ3n) is 4.35. The zero-order valence-electron chi connectivity index (χ0n) is 16.2. The largest absolute Gasteiger partial charge is 0.497 e. The van der Waals surface area contributed by atoms with Gasteiger partial charge < -0.3 is 19.3 Å². The number of rotatable bonds is 7. The number of benzene rings is 2. The van der Waals surface area contributed by atoms with Gasteiger partial charge in [-0.25, -0.2) is 4.68 Å². The van der Waals surface area contributed by atoms with Crippen LogP contribution in [0.4, 0.5) is 5.69 Å². The van der Waals surface area contributed by atoms with Gasteiger partial charge in [-0.3, -0.25) is 0 Å². The molecule has 0 atom stereocenters. The highest BCUT2D eigenvalue weighted by atomic mass is 16.5. The van der Waals surface area contributed by atoms with Crippen LogP contribution in [0.2, 0.25) is 0 Å². The molecule has 0 bridgehead atoms. The molecule has 148 valence electrons. The quantitative estimate of drug-likeness (QED) is 0.506. The Bertz CT molecular complexity index is 1110. The number of nitrogens with one attached hydrogen (secondary N) is 1. The lowest BCUT2D eigenvalue weighted by atomic mass is 10.2. The maximum atomic E-state index is 5.40. The molecule has 10 heteroatoms. The first-order valence-electron chi connectivity index (χ1n) is 8.81. The Kier molecular flexibility index (Phi) is 5.06. The monoisotopic (exact) mass is 393 g/mol. The second-order valence-electron chi connectivity index (χ2n) is 6.19. The molecular weight excluding hydrogens is 374 g/mol. The summed E-state index contributed by atoms with van der Waals surface area (Å²) >= 11 is 0. The molecule has 4 rings (SSSR count). The van der Waals surface area contributed by atoms with Crippen LogP contribution >= 0.6 is 0 Å². The lowest BCUT2D eigenvalue weighted by Crippen LogP contribution is -2.02. The fourth-order valence-electron chi connectivity index (χ4n) is 2.89. The molecule has 2 heterocycles. The van der Waals surface area contributed by atoms with Crippen LogP contribution in [-0.4, -0.2) is 44.6 Å². The molecule has 2 aromatic heterocycles. The summed E-state index contributed by atoms with van der Waals surface area (Å²) in [7, 11) is 3.19. The standard InChI is InChI=1S/C19H19N7O3/c1-12-8-13(4-7-16(12)26-11-21-24-25-26)20-10-18-22-19(23-29-18)15-6-5-14(27-2)9-17(15)28-3/h4-9,11,20H,10H2,1-3H3. The van der Waals surface area contributed by atoms with Gasteiger partial charge in [0, 0.05) is 11.8 Å². The van der Waals surface area contributed by atoms with Crippen molar-refractivity contribution in [1.29, 1.82) is 0 Å². The zero-order chi connectivity index (χ0) is 20.2. The lowest BCUT2D eigenvalue weighted by molar-refractivity contribution is 0.382. The molecule has 0 aliphatic heterocycles. The van der Waals surface area contributed by atoms with E-state index in [1.807, 2.05) is 37.3 Å². The summed E-state index contributed by atoms with van der Waals surface area (Å²) in [6.07, 6.45) is 1.56. The van der Waals surface area contributed by atoms with Crippen molar-refractivity contribution in [2.24, 2.45) is 0 Å².